The van der Waals surface area contributed by atoms with E-state index in [1.54, 1.807) is 6.92 Å². The van der Waals surface area contributed by atoms with Gasteiger partial charge in [-0.25, -0.2) is 0 Å². The molecule has 1 N–H and O–H groups in total. The number of hydrogen-bond donors (Lipinski definition) is 1. The molecular formula is C17H44O6. The predicted octanol–water partition coefficient (Wildman–Crippen LogP) is 4.49. The lowest BCUT2D eigenvalue weighted by Gasteiger charge is -2.22. The van der Waals surface area contributed by atoms with Gasteiger partial charge in [0.2, 0.25) is 0 Å². The Morgan fingerprint density at radius 1 is 1.04 bits per heavy atom. The summed E-state index contributed by atoms with van der Waals surface area (Å²) in [4.78, 5) is 31.3. The van der Waals surface area contributed by atoms with E-state index in [9.17, 15) is 14.4 Å². The van der Waals surface area contributed by atoms with E-state index >= 15 is 0 Å². The van der Waals surface area contributed by atoms with Crippen LogP contribution in [0.25, 0.3) is 0 Å². The van der Waals surface area contributed by atoms with Crippen LogP contribution in [0.4, 0.5) is 0 Å². The Kier molecular flexibility index (Phi) is 38.8. The summed E-state index contributed by atoms with van der Waals surface area (Å²) in [7, 11) is 2.84. The first-order valence-electron chi connectivity index (χ1n) is 5.42. The molecule has 0 saturated heterocycles. The molecule has 0 aromatic carbocycles. The largest absolute Gasteiger partial charge is 0.481 e. The topological polar surface area (TPSA) is 89.9 Å². The third-order valence-corrected chi connectivity index (χ3v) is 2.61. The average molecular weight is 346 g/mol. The molecule has 0 fully saturated rings. The fourth-order valence-electron chi connectivity index (χ4n) is 0.795. The highest BCUT2D eigenvalue weighted by Crippen LogP contribution is 2.15. The number of rotatable bonds is 6. The van der Waals surface area contributed by atoms with Crippen molar-refractivity contribution in [1.29, 1.82) is 0 Å². The number of carbonyl (C=O) groups is 3. The van der Waals surface area contributed by atoms with Gasteiger partial charge in [0.25, 0.3) is 0 Å². The second-order valence-corrected chi connectivity index (χ2v) is 4.05. The van der Waals surface area contributed by atoms with Gasteiger partial charge in [-0.05, 0) is 27.7 Å². The molecule has 0 aliphatic carbocycles. The quantitative estimate of drug-likeness (QED) is 0.762. The highest BCUT2D eigenvalue weighted by Gasteiger charge is 2.32. The summed E-state index contributed by atoms with van der Waals surface area (Å²) in [6.45, 7) is 6.01. The lowest BCUT2D eigenvalue weighted by Crippen LogP contribution is -2.37. The van der Waals surface area contributed by atoms with Crippen LogP contribution in [-0.4, -0.2) is 48.6 Å². The van der Waals surface area contributed by atoms with Crippen molar-refractivity contribution in [2.75, 3.05) is 14.2 Å². The Morgan fingerprint density at radius 2 is 1.39 bits per heavy atom. The number of methoxy groups -OCH3 is 2. The van der Waals surface area contributed by atoms with Crippen molar-refractivity contribution in [3.05, 3.63) is 0 Å². The van der Waals surface area contributed by atoms with Crippen LogP contribution in [-0.2, 0) is 23.9 Å². The van der Waals surface area contributed by atoms with Crippen molar-refractivity contribution in [3.63, 3.8) is 0 Å². The first-order chi connectivity index (χ1) is 8.10. The molecule has 23 heavy (non-hydrogen) atoms. The minimum atomic E-state index is -1.17. The number of carboxylic acid groups (broad SMARTS) is 1. The third kappa shape index (κ3) is 20.7. The van der Waals surface area contributed by atoms with Crippen LogP contribution in [0.15, 0.2) is 0 Å². The van der Waals surface area contributed by atoms with Crippen molar-refractivity contribution < 1.29 is 30.4 Å². The molecule has 0 heterocycles. The number of carbonyl (C=O) groups excluding carboxylic acids is 2. The summed E-state index contributed by atoms with van der Waals surface area (Å²) < 4.78 is 9.44. The summed E-state index contributed by atoms with van der Waals surface area (Å²) in [6.07, 6.45) is -0.529. The highest BCUT2D eigenvalue weighted by atomic mass is 16.5. The Hall–Kier alpha value is -1.27. The van der Waals surface area contributed by atoms with Crippen LogP contribution in [0.2, 0.25) is 0 Å². The van der Waals surface area contributed by atoms with E-state index in [0.29, 0.717) is 0 Å². The normalized spacial score (nSPS) is 11.6. The highest BCUT2D eigenvalue weighted by molar-refractivity contribution is 5.88. The minimum Gasteiger partial charge on any atom is -0.481 e. The maximum atomic E-state index is 10.8. The summed E-state index contributed by atoms with van der Waals surface area (Å²) >= 11 is 0. The van der Waals surface area contributed by atoms with Gasteiger partial charge < -0.3 is 14.6 Å². The molecule has 0 rings (SSSR count). The molecule has 0 bridgehead atoms. The monoisotopic (exact) mass is 345 g/mol. The molecule has 2 unspecified atom stereocenters. The zero-order valence-corrected chi connectivity index (χ0v) is 11.8. The molecule has 6 heteroatoms. The Labute approximate surface area is 146 Å². The van der Waals surface area contributed by atoms with Crippen LogP contribution in [0, 0.1) is 0 Å². The second-order valence-electron chi connectivity index (χ2n) is 4.05. The van der Waals surface area contributed by atoms with Crippen molar-refractivity contribution in [2.24, 2.45) is 0 Å². The summed E-state index contributed by atoms with van der Waals surface area (Å²) in [5, 5.41) is 8.40. The van der Waals surface area contributed by atoms with Crippen LogP contribution in [0.5, 0.6) is 0 Å². The molecule has 0 aliphatic rings. The zero-order valence-electron chi connectivity index (χ0n) is 11.8. The van der Waals surface area contributed by atoms with E-state index in [4.69, 9.17) is 9.84 Å². The number of carboxylic acids is 1. The summed E-state index contributed by atoms with van der Waals surface area (Å²) in [5.74, 6) is -1.24. The van der Waals surface area contributed by atoms with Gasteiger partial charge in [-0.3, -0.25) is 14.4 Å². The minimum absolute atomic E-state index is 0. The van der Waals surface area contributed by atoms with Gasteiger partial charge in [-0.1, -0.05) is 37.1 Å². The van der Waals surface area contributed by atoms with Crippen LogP contribution >= 0.6 is 0 Å². The molecule has 0 saturated carbocycles. The summed E-state index contributed by atoms with van der Waals surface area (Å²) in [5.41, 5.74) is -1.17. The van der Waals surface area contributed by atoms with E-state index in [1.165, 1.54) is 35.0 Å². The van der Waals surface area contributed by atoms with E-state index in [0.717, 1.165) is 0 Å². The maximum absolute atomic E-state index is 10.8. The molecule has 6 nitrogen and oxygen atoms in total. The second kappa shape index (κ2) is 20.7. The van der Waals surface area contributed by atoms with E-state index in [1.807, 2.05) is 0 Å². The van der Waals surface area contributed by atoms with Gasteiger partial charge in [-0.2, -0.15) is 0 Å². The Morgan fingerprint density at radius 3 is 1.43 bits per heavy atom. The molecule has 0 radical (unpaired) electrons. The number of aliphatic carboxylic acids is 1. The molecule has 0 aromatic rings. The molecule has 2 atom stereocenters. The molecular weight excluding hydrogens is 300 g/mol. The van der Waals surface area contributed by atoms with E-state index in [2.05, 4.69) is 4.74 Å². The van der Waals surface area contributed by atoms with Crippen molar-refractivity contribution in [2.45, 2.75) is 83.0 Å². The van der Waals surface area contributed by atoms with Gasteiger partial charge in [0.1, 0.15) is 11.7 Å². The number of hydrogen-bond acceptors (Lipinski definition) is 5. The zero-order chi connectivity index (χ0) is 14.9. The number of ether oxygens (including phenoxy) is 2. The molecule has 148 valence electrons. The number of ketones is 2. The van der Waals surface area contributed by atoms with Crippen molar-refractivity contribution in [3.8, 4) is 0 Å². The number of Topliss-reactive ketones (excluding diaryl/α,β-unsaturated/α-hetero) is 2. The summed E-state index contributed by atoms with van der Waals surface area (Å²) in [6, 6.07) is 0. The molecule has 0 aromatic heterocycles. The van der Waals surface area contributed by atoms with Gasteiger partial charge >= 0.3 is 5.97 Å². The molecule has 0 amide bonds. The van der Waals surface area contributed by atoms with Crippen LogP contribution < -0.4 is 0 Å². The predicted molar refractivity (Wildman–Crippen MR) is 101 cm³/mol. The van der Waals surface area contributed by atoms with Gasteiger partial charge in [0, 0.05) is 15.6 Å². The first-order valence-corrected chi connectivity index (χ1v) is 5.42. The average Bonchev–Trinajstić information content (AvgIpc) is 2.27. The Bertz CT molecular complexity index is 307. The molecule has 0 aliphatic heterocycles. The van der Waals surface area contributed by atoms with Crippen molar-refractivity contribution >= 4 is 17.5 Å². The van der Waals surface area contributed by atoms with E-state index in [-0.39, 0.29) is 62.7 Å². The molecule has 0 spiro atoms. The van der Waals surface area contributed by atoms with Gasteiger partial charge in [-0.15, -0.1) is 0 Å². The lowest BCUT2D eigenvalue weighted by atomic mass is 9.98. The first kappa shape index (κ1) is 43.0. The van der Waals surface area contributed by atoms with Gasteiger partial charge in [0.15, 0.2) is 11.6 Å². The Balaban J connectivity index is -0.0000000299. The maximum Gasteiger partial charge on any atom is 0.306 e. The lowest BCUT2D eigenvalue weighted by molar-refractivity contribution is -0.151. The smallest absolute Gasteiger partial charge is 0.306 e. The fraction of sp³-hybridized carbons (Fsp3) is 0.824. The van der Waals surface area contributed by atoms with Crippen molar-refractivity contribution in [1.82, 2.24) is 0 Å². The van der Waals surface area contributed by atoms with Crippen LogP contribution in [0.3, 0.4) is 0 Å². The SMILES string of the molecule is C.C.C.C.C.COC(C)(CC(=O)O)C(C)=O.COC(C)C(C)=O.[2HH]. The van der Waals surface area contributed by atoms with Crippen LogP contribution in [0.1, 0.15) is 72.7 Å². The van der Waals surface area contributed by atoms with Gasteiger partial charge in [0.05, 0.1) is 6.42 Å². The van der Waals surface area contributed by atoms with E-state index < -0.39 is 11.6 Å². The fourth-order valence-corrected chi connectivity index (χ4v) is 0.795. The third-order valence-electron chi connectivity index (χ3n) is 2.61. The standard InChI is InChI=1S/C7H12O4.C5H10O2.5CH4.H2/c1-5(8)7(2,11-3)4-6(9)10;1-4(6)5(2)7-3;;;;;;/h4H2,1-3H3,(H,9,10);5H,1-3H3;5*1H4;1H/i;;;;;;;1+1.